The highest BCUT2D eigenvalue weighted by Crippen LogP contribution is 2.32. The fourth-order valence-corrected chi connectivity index (χ4v) is 2.95. The zero-order chi connectivity index (χ0) is 10.1. The minimum Gasteiger partial charge on any atom is -0.192 e. The van der Waals surface area contributed by atoms with E-state index in [0.717, 1.165) is 20.7 Å². The van der Waals surface area contributed by atoms with E-state index in [2.05, 4.69) is 22.0 Å². The smallest absolute Gasteiger partial charge is 0.0995 e. The molecular formula is C10H5BrClNS. The molecule has 2 rings (SSSR count). The molecule has 2 aromatic rings. The monoisotopic (exact) mass is 285 g/mol. The van der Waals surface area contributed by atoms with Crippen LogP contribution in [0.1, 0.15) is 11.1 Å². The Hall–Kier alpha value is -0.560. The number of nitrogens with zero attached hydrogens (tertiary/aromatic N) is 1. The quantitative estimate of drug-likeness (QED) is 0.716. The lowest BCUT2D eigenvalue weighted by atomic mass is 10.1. The minimum absolute atomic E-state index is 0.679. The van der Waals surface area contributed by atoms with E-state index in [1.54, 1.807) is 11.3 Å². The van der Waals surface area contributed by atoms with Crippen LogP contribution >= 0.6 is 38.9 Å². The molecule has 0 radical (unpaired) electrons. The molecule has 70 valence electrons. The lowest BCUT2D eigenvalue weighted by Crippen LogP contribution is -1.84. The topological polar surface area (TPSA) is 23.8 Å². The van der Waals surface area contributed by atoms with Crippen molar-refractivity contribution in [3.05, 3.63) is 33.7 Å². The second-order valence-corrected chi connectivity index (χ2v) is 4.71. The van der Waals surface area contributed by atoms with Crippen molar-refractivity contribution in [1.29, 1.82) is 5.26 Å². The molecule has 0 bridgehead atoms. The SMILES string of the molecule is N#Cc1cc2scc(Cl)c2cc1CBr. The van der Waals surface area contributed by atoms with Gasteiger partial charge in [-0.05, 0) is 17.7 Å². The molecule has 0 atom stereocenters. The lowest BCUT2D eigenvalue weighted by Gasteiger charge is -1.99. The standard InChI is InChI=1S/C10H5BrClNS/c11-3-6-1-8-9(12)5-14-10(8)2-7(6)4-13/h1-2,5H,3H2. The highest BCUT2D eigenvalue weighted by atomic mass is 79.9. The third-order valence-electron chi connectivity index (χ3n) is 2.02. The fourth-order valence-electron chi connectivity index (χ4n) is 1.30. The van der Waals surface area contributed by atoms with Crippen molar-refractivity contribution in [1.82, 2.24) is 0 Å². The number of fused-ring (bicyclic) bond motifs is 1. The number of alkyl halides is 1. The Balaban J connectivity index is 2.79. The van der Waals surface area contributed by atoms with Gasteiger partial charge in [0.1, 0.15) is 0 Å². The average Bonchev–Trinajstić information content (AvgIpc) is 2.58. The maximum absolute atomic E-state index is 8.92. The van der Waals surface area contributed by atoms with Crippen LogP contribution < -0.4 is 0 Å². The Morgan fingerprint density at radius 3 is 2.93 bits per heavy atom. The van der Waals surface area contributed by atoms with Crippen LogP contribution in [0.15, 0.2) is 17.5 Å². The van der Waals surface area contributed by atoms with Crippen molar-refractivity contribution in [2.24, 2.45) is 0 Å². The van der Waals surface area contributed by atoms with Crippen LogP contribution in [0.5, 0.6) is 0 Å². The summed E-state index contributed by atoms with van der Waals surface area (Å²) >= 11 is 10.9. The number of hydrogen-bond acceptors (Lipinski definition) is 2. The van der Waals surface area contributed by atoms with Gasteiger partial charge in [0.25, 0.3) is 0 Å². The summed E-state index contributed by atoms with van der Waals surface area (Å²) in [5.41, 5.74) is 1.70. The van der Waals surface area contributed by atoms with Gasteiger partial charge in [-0.1, -0.05) is 27.5 Å². The average molecular weight is 287 g/mol. The molecule has 0 saturated heterocycles. The van der Waals surface area contributed by atoms with Gasteiger partial charge >= 0.3 is 0 Å². The summed E-state index contributed by atoms with van der Waals surface area (Å²) in [4.78, 5) is 0. The van der Waals surface area contributed by atoms with Crippen LogP contribution in [0.4, 0.5) is 0 Å². The molecule has 4 heteroatoms. The second-order valence-electron chi connectivity index (χ2n) is 2.83. The first-order valence-corrected chi connectivity index (χ1v) is 6.30. The number of halogens is 2. The molecule has 14 heavy (non-hydrogen) atoms. The fraction of sp³-hybridized carbons (Fsp3) is 0.100. The summed E-state index contributed by atoms with van der Waals surface area (Å²) < 4.78 is 1.07. The van der Waals surface area contributed by atoms with Crippen LogP contribution in [-0.4, -0.2) is 0 Å². The first kappa shape index (κ1) is 9.97. The van der Waals surface area contributed by atoms with Crippen molar-refractivity contribution in [2.45, 2.75) is 5.33 Å². The van der Waals surface area contributed by atoms with Gasteiger partial charge in [-0.2, -0.15) is 5.26 Å². The van der Waals surface area contributed by atoms with E-state index in [0.29, 0.717) is 10.9 Å². The van der Waals surface area contributed by atoms with Gasteiger partial charge in [0.05, 0.1) is 16.7 Å². The van der Waals surface area contributed by atoms with Crippen LogP contribution in [0.3, 0.4) is 0 Å². The Kier molecular flexibility index (Phi) is 2.78. The van der Waals surface area contributed by atoms with Gasteiger partial charge in [0.15, 0.2) is 0 Å². The molecule has 1 nitrogen and oxygen atoms in total. The van der Waals surface area contributed by atoms with E-state index in [4.69, 9.17) is 16.9 Å². The predicted molar refractivity (Wildman–Crippen MR) is 64.2 cm³/mol. The second kappa shape index (κ2) is 3.90. The van der Waals surface area contributed by atoms with Gasteiger partial charge in [0.2, 0.25) is 0 Å². The number of nitriles is 1. The Bertz CT molecular complexity index is 527. The molecule has 0 unspecified atom stereocenters. The molecule has 0 fully saturated rings. The maximum atomic E-state index is 8.92. The third-order valence-corrected chi connectivity index (χ3v) is 4.01. The van der Waals surface area contributed by atoms with Gasteiger partial charge < -0.3 is 0 Å². The van der Waals surface area contributed by atoms with Gasteiger partial charge in [-0.25, -0.2) is 0 Å². The molecule has 1 aromatic heterocycles. The first-order chi connectivity index (χ1) is 6.76. The minimum atomic E-state index is 0.679. The molecule has 1 aromatic carbocycles. The van der Waals surface area contributed by atoms with E-state index in [1.165, 1.54) is 0 Å². The van der Waals surface area contributed by atoms with Gasteiger partial charge in [0, 0.05) is 20.8 Å². The molecule has 0 N–H and O–H groups in total. The van der Waals surface area contributed by atoms with Crippen LogP contribution in [0.25, 0.3) is 10.1 Å². The van der Waals surface area contributed by atoms with Crippen molar-refractivity contribution in [2.75, 3.05) is 0 Å². The molecule has 0 amide bonds. The van der Waals surface area contributed by atoms with Crippen molar-refractivity contribution < 1.29 is 0 Å². The summed E-state index contributed by atoms with van der Waals surface area (Å²) in [7, 11) is 0. The summed E-state index contributed by atoms with van der Waals surface area (Å²) in [5, 5.41) is 13.3. The molecule has 0 saturated carbocycles. The van der Waals surface area contributed by atoms with E-state index in [-0.39, 0.29) is 0 Å². The molecule has 1 heterocycles. The molecule has 0 aliphatic rings. The summed E-state index contributed by atoms with van der Waals surface area (Å²) in [6, 6.07) is 6.05. The number of thiophene rings is 1. The largest absolute Gasteiger partial charge is 0.192 e. The van der Waals surface area contributed by atoms with Crippen LogP contribution in [0.2, 0.25) is 5.02 Å². The Labute approximate surface area is 99.0 Å². The summed E-state index contributed by atoms with van der Waals surface area (Å²) in [6.07, 6.45) is 0. The molecular weight excluding hydrogens is 282 g/mol. The normalized spacial score (nSPS) is 10.4. The highest BCUT2D eigenvalue weighted by molar-refractivity contribution is 9.08. The third kappa shape index (κ3) is 1.54. The predicted octanol–water partition coefficient (Wildman–Crippen LogP) is 4.32. The van der Waals surface area contributed by atoms with E-state index >= 15 is 0 Å². The number of rotatable bonds is 1. The van der Waals surface area contributed by atoms with Crippen LogP contribution in [0, 0.1) is 11.3 Å². The zero-order valence-electron chi connectivity index (χ0n) is 7.05. The highest BCUT2D eigenvalue weighted by Gasteiger charge is 2.07. The van der Waals surface area contributed by atoms with Gasteiger partial charge in [-0.15, -0.1) is 11.3 Å². The van der Waals surface area contributed by atoms with E-state index in [1.807, 2.05) is 17.5 Å². The molecule has 0 spiro atoms. The molecule has 0 aliphatic heterocycles. The van der Waals surface area contributed by atoms with Crippen molar-refractivity contribution in [3.63, 3.8) is 0 Å². The zero-order valence-corrected chi connectivity index (χ0v) is 10.2. The summed E-state index contributed by atoms with van der Waals surface area (Å²) in [5.74, 6) is 0. The van der Waals surface area contributed by atoms with E-state index < -0.39 is 0 Å². The lowest BCUT2D eigenvalue weighted by molar-refractivity contribution is 1.40. The van der Waals surface area contributed by atoms with Crippen molar-refractivity contribution in [3.8, 4) is 6.07 Å². The maximum Gasteiger partial charge on any atom is 0.0995 e. The van der Waals surface area contributed by atoms with Gasteiger partial charge in [-0.3, -0.25) is 0 Å². The van der Waals surface area contributed by atoms with Crippen LogP contribution in [-0.2, 0) is 5.33 Å². The Morgan fingerprint density at radius 2 is 2.29 bits per heavy atom. The number of hydrogen-bond donors (Lipinski definition) is 0. The van der Waals surface area contributed by atoms with E-state index in [9.17, 15) is 0 Å². The first-order valence-electron chi connectivity index (χ1n) is 3.92. The number of benzene rings is 1. The Morgan fingerprint density at radius 1 is 1.50 bits per heavy atom. The molecule has 0 aliphatic carbocycles. The summed E-state index contributed by atoms with van der Waals surface area (Å²) in [6.45, 7) is 0. The van der Waals surface area contributed by atoms with Crippen molar-refractivity contribution >= 4 is 49.0 Å².